The topological polar surface area (TPSA) is 87.9 Å². The first kappa shape index (κ1) is 24.1. The maximum atomic E-state index is 12.3. The molecule has 1 spiro atoms. The van der Waals surface area contributed by atoms with Gasteiger partial charge in [0.2, 0.25) is 5.91 Å². The van der Waals surface area contributed by atoms with Gasteiger partial charge in [-0.3, -0.25) is 14.4 Å². The van der Waals surface area contributed by atoms with Crippen molar-refractivity contribution in [1.82, 2.24) is 19.6 Å². The molecule has 8 nitrogen and oxygen atoms in total. The smallest absolute Gasteiger partial charge is 0.475 e. The van der Waals surface area contributed by atoms with Crippen molar-refractivity contribution in [2.75, 3.05) is 32.8 Å². The van der Waals surface area contributed by atoms with E-state index in [1.165, 1.54) is 5.56 Å². The molecule has 3 heterocycles. The molecule has 0 aromatic carbocycles. The number of hydrogen-bond acceptors (Lipinski definition) is 5. The van der Waals surface area contributed by atoms with E-state index in [-0.39, 0.29) is 17.4 Å². The van der Waals surface area contributed by atoms with Crippen LogP contribution in [0.15, 0.2) is 12.4 Å². The number of carboxylic acid groups (broad SMARTS) is 1. The molecule has 0 saturated carbocycles. The summed E-state index contributed by atoms with van der Waals surface area (Å²) in [6.45, 7) is 9.01. The van der Waals surface area contributed by atoms with Crippen LogP contribution in [0.3, 0.4) is 0 Å². The molecule has 1 aromatic heterocycles. The van der Waals surface area contributed by atoms with E-state index in [1.807, 2.05) is 36.7 Å². The number of carboxylic acids is 1. The highest BCUT2D eigenvalue weighted by molar-refractivity contribution is 5.78. The number of hydrogen-bond donors (Lipinski definition) is 1. The summed E-state index contributed by atoms with van der Waals surface area (Å²) in [7, 11) is 1.95. The number of nitrogens with zero attached hydrogens (tertiary/aromatic N) is 4. The van der Waals surface area contributed by atoms with Crippen molar-refractivity contribution < 1.29 is 32.6 Å². The number of likely N-dealkylation sites (tertiary alicyclic amines) is 1. The van der Waals surface area contributed by atoms with Gasteiger partial charge in [0, 0.05) is 50.9 Å². The minimum absolute atomic E-state index is 0.0558. The van der Waals surface area contributed by atoms with Crippen LogP contribution in [0.1, 0.15) is 32.3 Å². The van der Waals surface area contributed by atoms with E-state index in [4.69, 9.17) is 14.6 Å². The summed E-state index contributed by atoms with van der Waals surface area (Å²) in [6, 6.07) is 0. The van der Waals surface area contributed by atoms with Crippen LogP contribution < -0.4 is 0 Å². The van der Waals surface area contributed by atoms with E-state index < -0.39 is 12.1 Å². The second kappa shape index (κ2) is 9.78. The van der Waals surface area contributed by atoms with E-state index in [1.54, 1.807) is 0 Å². The van der Waals surface area contributed by atoms with Crippen LogP contribution >= 0.6 is 0 Å². The fourth-order valence-corrected chi connectivity index (χ4v) is 3.77. The molecule has 0 aliphatic carbocycles. The largest absolute Gasteiger partial charge is 0.490 e. The molecule has 2 aliphatic heterocycles. The van der Waals surface area contributed by atoms with E-state index in [0.717, 1.165) is 52.2 Å². The van der Waals surface area contributed by atoms with Crippen molar-refractivity contribution in [3.05, 3.63) is 18.0 Å². The first-order valence-corrected chi connectivity index (χ1v) is 9.84. The predicted molar refractivity (Wildman–Crippen MR) is 102 cm³/mol. The lowest BCUT2D eigenvalue weighted by Gasteiger charge is -2.48. The number of alkyl halides is 3. The van der Waals surface area contributed by atoms with Crippen LogP contribution in [0, 0.1) is 5.92 Å². The molecule has 0 bridgehead atoms. The molecule has 1 atom stereocenters. The van der Waals surface area contributed by atoms with E-state index in [9.17, 15) is 18.0 Å². The zero-order valence-corrected chi connectivity index (χ0v) is 17.5. The van der Waals surface area contributed by atoms with Crippen LogP contribution in [0.25, 0.3) is 0 Å². The van der Waals surface area contributed by atoms with Gasteiger partial charge in [-0.25, -0.2) is 4.79 Å². The Morgan fingerprint density at radius 2 is 1.97 bits per heavy atom. The minimum Gasteiger partial charge on any atom is -0.475 e. The van der Waals surface area contributed by atoms with Crippen molar-refractivity contribution in [1.29, 1.82) is 0 Å². The van der Waals surface area contributed by atoms with Crippen LogP contribution in [-0.4, -0.2) is 81.1 Å². The average Bonchev–Trinajstić information content (AvgIpc) is 3.05. The zero-order valence-electron chi connectivity index (χ0n) is 17.5. The first-order chi connectivity index (χ1) is 13.9. The number of amides is 1. The third-order valence-electron chi connectivity index (χ3n) is 5.08. The standard InChI is InChI=1S/C17H28N4O2.C2HF3O2/c1-14(2)16(22)21-6-4-5-17(13-21)12-20(7-8-23-17)11-15-9-18-19(3)10-15;3-2(4,5)1(6)7/h9-10,14H,4-8,11-13H2,1-3H3;(H,6,7). The number of halogens is 3. The van der Waals surface area contributed by atoms with E-state index in [0.29, 0.717) is 0 Å². The quantitative estimate of drug-likeness (QED) is 0.782. The SMILES string of the molecule is CC(C)C(=O)N1CCCC2(CN(Cc3cnn(C)c3)CCO2)C1.O=C(O)C(F)(F)F. The highest BCUT2D eigenvalue weighted by atomic mass is 19.4. The third kappa shape index (κ3) is 6.69. The fraction of sp³-hybridized carbons (Fsp3) is 0.737. The normalized spacial score (nSPS) is 22.7. The molecular weight excluding hydrogens is 405 g/mol. The Kier molecular flexibility index (Phi) is 7.87. The van der Waals surface area contributed by atoms with Gasteiger partial charge in [0.1, 0.15) is 0 Å². The van der Waals surface area contributed by atoms with E-state index in [2.05, 4.69) is 16.2 Å². The summed E-state index contributed by atoms with van der Waals surface area (Å²) >= 11 is 0. The Morgan fingerprint density at radius 3 is 2.50 bits per heavy atom. The number of aryl methyl sites for hydroxylation is 1. The summed E-state index contributed by atoms with van der Waals surface area (Å²) in [5.41, 5.74) is 1.04. The Hall–Kier alpha value is -2.14. The first-order valence-electron chi connectivity index (χ1n) is 9.84. The Labute approximate surface area is 173 Å². The van der Waals surface area contributed by atoms with Gasteiger partial charge >= 0.3 is 12.1 Å². The van der Waals surface area contributed by atoms with Gasteiger partial charge in [0.05, 0.1) is 24.9 Å². The van der Waals surface area contributed by atoms with Gasteiger partial charge in [-0.1, -0.05) is 13.8 Å². The maximum absolute atomic E-state index is 12.3. The number of piperidine rings is 1. The number of carbonyl (C=O) groups excluding carboxylic acids is 1. The van der Waals surface area contributed by atoms with Gasteiger partial charge in [-0.15, -0.1) is 0 Å². The number of aliphatic carboxylic acids is 1. The van der Waals surface area contributed by atoms with Crippen LogP contribution in [0.4, 0.5) is 13.2 Å². The Morgan fingerprint density at radius 1 is 1.30 bits per heavy atom. The molecule has 30 heavy (non-hydrogen) atoms. The van der Waals surface area contributed by atoms with E-state index >= 15 is 0 Å². The molecule has 0 radical (unpaired) electrons. The van der Waals surface area contributed by atoms with Gasteiger partial charge in [0.15, 0.2) is 0 Å². The van der Waals surface area contributed by atoms with Crippen LogP contribution in [0.5, 0.6) is 0 Å². The highest BCUT2D eigenvalue weighted by Crippen LogP contribution is 2.30. The Bertz CT molecular complexity index is 734. The number of morpholine rings is 1. The van der Waals surface area contributed by atoms with Gasteiger partial charge < -0.3 is 14.7 Å². The molecule has 3 rings (SSSR count). The number of carbonyl (C=O) groups is 2. The highest BCUT2D eigenvalue weighted by Gasteiger charge is 2.42. The number of rotatable bonds is 3. The molecule has 11 heteroatoms. The van der Waals surface area contributed by atoms with Crippen molar-refractivity contribution in [2.45, 2.75) is 45.0 Å². The Balaban J connectivity index is 0.000000396. The maximum Gasteiger partial charge on any atom is 0.490 e. The molecule has 2 aliphatic rings. The minimum atomic E-state index is -5.08. The lowest BCUT2D eigenvalue weighted by molar-refractivity contribution is -0.192. The molecule has 1 aromatic rings. The molecule has 1 N–H and O–H groups in total. The summed E-state index contributed by atoms with van der Waals surface area (Å²) in [5, 5.41) is 11.4. The second-order valence-electron chi connectivity index (χ2n) is 8.09. The average molecular weight is 434 g/mol. The fourth-order valence-electron chi connectivity index (χ4n) is 3.77. The number of ether oxygens (including phenoxy) is 1. The zero-order chi connectivity index (χ0) is 22.5. The molecule has 2 saturated heterocycles. The van der Waals surface area contributed by atoms with Gasteiger partial charge in [0.25, 0.3) is 0 Å². The van der Waals surface area contributed by atoms with Gasteiger partial charge in [-0.05, 0) is 12.8 Å². The molecule has 1 amide bonds. The van der Waals surface area contributed by atoms with Crippen molar-refractivity contribution in [3.63, 3.8) is 0 Å². The van der Waals surface area contributed by atoms with Crippen molar-refractivity contribution >= 4 is 11.9 Å². The van der Waals surface area contributed by atoms with Crippen LogP contribution in [0.2, 0.25) is 0 Å². The number of aromatic nitrogens is 2. The van der Waals surface area contributed by atoms with Gasteiger partial charge in [-0.2, -0.15) is 18.3 Å². The molecule has 1 unspecified atom stereocenters. The molecule has 2 fully saturated rings. The third-order valence-corrected chi connectivity index (χ3v) is 5.08. The lowest BCUT2D eigenvalue weighted by atomic mass is 9.90. The molecule has 170 valence electrons. The van der Waals surface area contributed by atoms with Crippen molar-refractivity contribution in [3.8, 4) is 0 Å². The lowest BCUT2D eigenvalue weighted by Crippen LogP contribution is -2.60. The molecular formula is C19H29F3N4O4. The summed E-state index contributed by atoms with van der Waals surface area (Å²) in [6.07, 6.45) is 0.979. The van der Waals surface area contributed by atoms with Crippen LogP contribution in [-0.2, 0) is 27.9 Å². The summed E-state index contributed by atoms with van der Waals surface area (Å²) in [5.74, 6) is -2.45. The summed E-state index contributed by atoms with van der Waals surface area (Å²) < 4.78 is 39.8. The summed E-state index contributed by atoms with van der Waals surface area (Å²) in [4.78, 5) is 25.7. The second-order valence-corrected chi connectivity index (χ2v) is 8.09. The van der Waals surface area contributed by atoms with Crippen molar-refractivity contribution in [2.24, 2.45) is 13.0 Å². The predicted octanol–water partition coefficient (Wildman–Crippen LogP) is 1.90. The monoisotopic (exact) mass is 434 g/mol.